The van der Waals surface area contributed by atoms with Gasteiger partial charge in [-0.25, -0.2) is 0 Å². The molecule has 1 aliphatic carbocycles. The summed E-state index contributed by atoms with van der Waals surface area (Å²) in [7, 11) is 0. The van der Waals surface area contributed by atoms with Crippen LogP contribution in [-0.2, 0) is 5.41 Å². The maximum atomic E-state index is 6.38. The van der Waals surface area contributed by atoms with Crippen LogP contribution in [0.25, 0.3) is 0 Å². The lowest BCUT2D eigenvalue weighted by Crippen LogP contribution is -2.13. The van der Waals surface area contributed by atoms with Crippen LogP contribution in [0.4, 0.5) is 0 Å². The molecule has 15 heavy (non-hydrogen) atoms. The number of alkyl halides is 1. The molecule has 2 heteroatoms. The number of aryl methyl sites for hydroxylation is 1. The van der Waals surface area contributed by atoms with E-state index in [1.54, 1.807) is 0 Å². The zero-order valence-electron chi connectivity index (χ0n) is 9.62. The van der Waals surface area contributed by atoms with Crippen molar-refractivity contribution in [3.63, 3.8) is 0 Å². The number of hydrogen-bond donors (Lipinski definition) is 0. The lowest BCUT2D eigenvalue weighted by molar-refractivity contribution is 0.521. The lowest BCUT2D eigenvalue weighted by Gasteiger charge is -2.21. The molecule has 1 aromatic rings. The molecular weight excluding hydrogens is 272 g/mol. The Hall–Kier alpha value is -0.0100. The van der Waals surface area contributed by atoms with E-state index in [1.807, 2.05) is 0 Å². The molecule has 0 N–H and O–H groups in total. The van der Waals surface area contributed by atoms with Crippen LogP contribution in [0.15, 0.2) is 6.07 Å². The Balaban J connectivity index is 2.78. The smallest absolute Gasteiger partial charge is 0.0449 e. The molecule has 0 spiro atoms. The van der Waals surface area contributed by atoms with E-state index >= 15 is 0 Å². The summed E-state index contributed by atoms with van der Waals surface area (Å²) in [6, 6.07) is 2.10. The summed E-state index contributed by atoms with van der Waals surface area (Å²) in [6.45, 7) is 8.87. The Morgan fingerprint density at radius 1 is 1.40 bits per heavy atom. The Bertz CT molecular complexity index is 421. The van der Waals surface area contributed by atoms with E-state index in [0.29, 0.717) is 4.83 Å². The zero-order valence-corrected chi connectivity index (χ0v) is 12.0. The van der Waals surface area contributed by atoms with Gasteiger partial charge in [0, 0.05) is 9.85 Å². The molecule has 0 saturated heterocycles. The Morgan fingerprint density at radius 2 is 2.00 bits per heavy atom. The predicted molar refractivity (Wildman–Crippen MR) is 70.2 cm³/mol. The molecule has 0 fully saturated rings. The molecule has 1 aliphatic rings. The van der Waals surface area contributed by atoms with Crippen LogP contribution in [0, 0.1) is 13.8 Å². The minimum absolute atomic E-state index is 0.193. The SMILES string of the molecule is Cc1cc(Cl)c2c(c1C)C(Br)CC2(C)C. The highest BCUT2D eigenvalue weighted by Crippen LogP contribution is 2.52. The molecule has 0 nitrogen and oxygen atoms in total. The van der Waals surface area contributed by atoms with Gasteiger partial charge in [-0.2, -0.15) is 0 Å². The second-order valence-electron chi connectivity index (χ2n) is 5.14. The molecule has 0 aliphatic heterocycles. The van der Waals surface area contributed by atoms with Crippen molar-refractivity contribution in [1.82, 2.24) is 0 Å². The summed E-state index contributed by atoms with van der Waals surface area (Å²) in [5.41, 5.74) is 5.64. The Kier molecular flexibility index (Phi) is 2.67. The van der Waals surface area contributed by atoms with Crippen molar-refractivity contribution in [2.75, 3.05) is 0 Å². The number of halogens is 2. The maximum Gasteiger partial charge on any atom is 0.0449 e. The van der Waals surface area contributed by atoms with Crippen LogP contribution in [-0.4, -0.2) is 0 Å². The Labute approximate surface area is 105 Å². The van der Waals surface area contributed by atoms with Crippen molar-refractivity contribution in [3.8, 4) is 0 Å². The minimum atomic E-state index is 0.193. The van der Waals surface area contributed by atoms with Crippen molar-refractivity contribution >= 4 is 27.5 Å². The van der Waals surface area contributed by atoms with E-state index in [0.717, 1.165) is 11.4 Å². The van der Waals surface area contributed by atoms with E-state index in [9.17, 15) is 0 Å². The molecular formula is C13H16BrCl. The fourth-order valence-electron chi connectivity index (χ4n) is 2.63. The monoisotopic (exact) mass is 286 g/mol. The van der Waals surface area contributed by atoms with Crippen LogP contribution in [0.5, 0.6) is 0 Å². The van der Waals surface area contributed by atoms with Crippen molar-refractivity contribution < 1.29 is 0 Å². The van der Waals surface area contributed by atoms with Gasteiger partial charge >= 0.3 is 0 Å². The van der Waals surface area contributed by atoms with Gasteiger partial charge in [-0.05, 0) is 54.0 Å². The molecule has 0 saturated carbocycles. The fraction of sp³-hybridized carbons (Fsp3) is 0.538. The normalized spacial score (nSPS) is 22.9. The van der Waals surface area contributed by atoms with Gasteiger partial charge in [0.15, 0.2) is 0 Å². The number of fused-ring (bicyclic) bond motifs is 1. The number of benzene rings is 1. The molecule has 1 unspecified atom stereocenters. The van der Waals surface area contributed by atoms with E-state index in [-0.39, 0.29) is 5.41 Å². The molecule has 2 rings (SSSR count). The van der Waals surface area contributed by atoms with Gasteiger partial charge in [0.2, 0.25) is 0 Å². The molecule has 82 valence electrons. The predicted octanol–water partition coefficient (Wildman–Crippen LogP) is 5.07. The van der Waals surface area contributed by atoms with Gasteiger partial charge in [-0.15, -0.1) is 0 Å². The first-order valence-corrected chi connectivity index (χ1v) is 6.58. The third kappa shape index (κ3) is 1.64. The van der Waals surface area contributed by atoms with Gasteiger partial charge in [0.05, 0.1) is 0 Å². The summed E-state index contributed by atoms with van der Waals surface area (Å²) in [5, 5.41) is 0.931. The highest BCUT2D eigenvalue weighted by atomic mass is 79.9. The second kappa shape index (κ2) is 3.49. The quantitative estimate of drug-likeness (QED) is 0.584. The van der Waals surface area contributed by atoms with Crippen molar-refractivity contribution in [2.45, 2.75) is 44.4 Å². The number of hydrogen-bond acceptors (Lipinski definition) is 0. The fourth-order valence-corrected chi connectivity index (χ4v) is 4.53. The molecule has 0 aromatic heterocycles. The van der Waals surface area contributed by atoms with E-state index in [1.165, 1.54) is 22.3 Å². The van der Waals surface area contributed by atoms with Gasteiger partial charge in [-0.3, -0.25) is 0 Å². The first kappa shape index (κ1) is 11.5. The van der Waals surface area contributed by atoms with Crippen molar-refractivity contribution in [2.24, 2.45) is 0 Å². The third-order valence-corrected chi connectivity index (χ3v) is 4.61. The van der Waals surface area contributed by atoms with Gasteiger partial charge in [0.1, 0.15) is 0 Å². The molecule has 1 aromatic carbocycles. The first-order chi connectivity index (χ1) is 6.84. The molecule has 0 heterocycles. The first-order valence-electron chi connectivity index (χ1n) is 5.29. The van der Waals surface area contributed by atoms with Gasteiger partial charge in [-0.1, -0.05) is 41.4 Å². The van der Waals surface area contributed by atoms with Crippen molar-refractivity contribution in [3.05, 3.63) is 33.3 Å². The molecule has 1 atom stereocenters. The standard InChI is InChI=1S/C13H16BrCl/c1-7-5-10(15)12-11(8(7)2)9(14)6-13(12,3)4/h5,9H,6H2,1-4H3. The molecule has 0 radical (unpaired) electrons. The van der Waals surface area contributed by atoms with Crippen molar-refractivity contribution in [1.29, 1.82) is 0 Å². The van der Waals surface area contributed by atoms with Crippen LogP contribution in [0.2, 0.25) is 5.02 Å². The summed E-state index contributed by atoms with van der Waals surface area (Å²) in [6.07, 6.45) is 1.13. The topological polar surface area (TPSA) is 0 Å². The summed E-state index contributed by atoms with van der Waals surface area (Å²) in [5.74, 6) is 0. The van der Waals surface area contributed by atoms with Crippen LogP contribution in [0.3, 0.4) is 0 Å². The van der Waals surface area contributed by atoms with Crippen LogP contribution >= 0.6 is 27.5 Å². The number of rotatable bonds is 0. The average Bonchev–Trinajstić information content (AvgIpc) is 2.32. The highest BCUT2D eigenvalue weighted by Gasteiger charge is 2.38. The molecule has 0 bridgehead atoms. The molecule has 0 amide bonds. The lowest BCUT2D eigenvalue weighted by atomic mass is 9.85. The van der Waals surface area contributed by atoms with Crippen LogP contribution in [0.1, 0.15) is 47.3 Å². The minimum Gasteiger partial charge on any atom is -0.0840 e. The van der Waals surface area contributed by atoms with Gasteiger partial charge < -0.3 is 0 Å². The largest absolute Gasteiger partial charge is 0.0840 e. The Morgan fingerprint density at radius 3 is 2.60 bits per heavy atom. The zero-order chi connectivity index (χ0) is 11.4. The highest BCUT2D eigenvalue weighted by molar-refractivity contribution is 9.09. The second-order valence-corrected chi connectivity index (χ2v) is 6.66. The average molecular weight is 288 g/mol. The van der Waals surface area contributed by atoms with Crippen LogP contribution < -0.4 is 0 Å². The summed E-state index contributed by atoms with van der Waals surface area (Å²) >= 11 is 10.1. The summed E-state index contributed by atoms with van der Waals surface area (Å²) in [4.78, 5) is 0.458. The van der Waals surface area contributed by atoms with E-state index in [4.69, 9.17) is 11.6 Å². The van der Waals surface area contributed by atoms with Gasteiger partial charge in [0.25, 0.3) is 0 Å². The maximum absolute atomic E-state index is 6.38. The third-order valence-electron chi connectivity index (χ3n) is 3.53. The van der Waals surface area contributed by atoms with E-state index in [2.05, 4.69) is 49.7 Å². The summed E-state index contributed by atoms with van der Waals surface area (Å²) < 4.78 is 0. The van der Waals surface area contributed by atoms with E-state index < -0.39 is 0 Å².